The van der Waals surface area contributed by atoms with E-state index in [0.717, 1.165) is 0 Å². The van der Waals surface area contributed by atoms with Crippen LogP contribution in [0, 0.1) is 17.8 Å². The van der Waals surface area contributed by atoms with E-state index in [0.29, 0.717) is 6.42 Å². The van der Waals surface area contributed by atoms with Crippen LogP contribution in [0.2, 0.25) is 0 Å². The van der Waals surface area contributed by atoms with Gasteiger partial charge in [-0.05, 0) is 43.4 Å². The fourth-order valence-electron chi connectivity index (χ4n) is 4.28. The molecule has 0 aromatic carbocycles. The van der Waals surface area contributed by atoms with Crippen LogP contribution >= 0.6 is 0 Å². The summed E-state index contributed by atoms with van der Waals surface area (Å²) in [6, 6.07) is 0. The van der Waals surface area contributed by atoms with Gasteiger partial charge in [-0.15, -0.1) is 0 Å². The second kappa shape index (κ2) is 6.02. The maximum absolute atomic E-state index is 13.3. The Morgan fingerprint density at radius 2 is 1.52 bits per heavy atom. The summed E-state index contributed by atoms with van der Waals surface area (Å²) in [5.74, 6) is -2.47. The molecular weight excluding hydrogens is 378 g/mol. The van der Waals surface area contributed by atoms with Crippen LogP contribution in [0.15, 0.2) is 0 Å². The van der Waals surface area contributed by atoms with Crippen molar-refractivity contribution in [2.75, 3.05) is 6.26 Å². The Bertz CT molecular complexity index is 625. The zero-order chi connectivity index (χ0) is 19.4. The number of carbonyl (C=O) groups is 1. The first-order chi connectivity index (χ1) is 11.1. The summed E-state index contributed by atoms with van der Waals surface area (Å²) >= 11 is 0. The molecule has 4 unspecified atom stereocenters. The zero-order valence-corrected chi connectivity index (χ0v) is 14.3. The van der Waals surface area contributed by atoms with Crippen LogP contribution in [-0.4, -0.2) is 43.8 Å². The third-order valence-corrected chi connectivity index (χ3v) is 7.25. The second-order valence-electron chi connectivity index (χ2n) is 6.93. The molecule has 2 fully saturated rings. The van der Waals surface area contributed by atoms with Gasteiger partial charge in [-0.1, -0.05) is 0 Å². The number of hydrogen-bond donors (Lipinski definition) is 0. The van der Waals surface area contributed by atoms with Gasteiger partial charge in [0.2, 0.25) is 0 Å². The molecule has 25 heavy (non-hydrogen) atoms. The highest BCUT2D eigenvalue weighted by molar-refractivity contribution is 7.92. The molecule has 2 aliphatic carbocycles. The van der Waals surface area contributed by atoms with Gasteiger partial charge < -0.3 is 4.74 Å². The van der Waals surface area contributed by atoms with Gasteiger partial charge in [0, 0.05) is 13.2 Å². The maximum atomic E-state index is 13.3. The summed E-state index contributed by atoms with van der Waals surface area (Å²) in [5, 5.41) is 0. The van der Waals surface area contributed by atoms with Crippen molar-refractivity contribution in [1.29, 1.82) is 0 Å². The molecule has 2 rings (SSSR count). The van der Waals surface area contributed by atoms with Gasteiger partial charge in [0.05, 0.1) is 0 Å². The highest BCUT2D eigenvalue weighted by Gasteiger charge is 2.77. The van der Waals surface area contributed by atoms with Crippen LogP contribution in [0.5, 0.6) is 0 Å². The number of carbonyl (C=O) groups excluding carboxylic acids is 1. The summed E-state index contributed by atoms with van der Waals surface area (Å²) in [6.07, 6.45) is -13.6. The van der Waals surface area contributed by atoms with Gasteiger partial charge in [0.25, 0.3) is 4.75 Å². The molecule has 0 heterocycles. The van der Waals surface area contributed by atoms with Gasteiger partial charge in [0.15, 0.2) is 9.84 Å². The van der Waals surface area contributed by atoms with E-state index >= 15 is 0 Å². The SMILES string of the molecule is CC(=O)OC1CC2CC1CC2CC(C(F)(F)F)(C(F)(F)F)S(C)(=O)=O. The molecule has 0 aromatic rings. The first-order valence-electron chi connectivity index (χ1n) is 7.60. The summed E-state index contributed by atoms with van der Waals surface area (Å²) in [4.78, 5) is 11.0. The van der Waals surface area contributed by atoms with E-state index in [4.69, 9.17) is 4.74 Å². The Morgan fingerprint density at radius 3 is 1.84 bits per heavy atom. The topological polar surface area (TPSA) is 60.4 Å². The van der Waals surface area contributed by atoms with E-state index < -0.39 is 57.3 Å². The summed E-state index contributed by atoms with van der Waals surface area (Å²) < 4.78 is 104. The third kappa shape index (κ3) is 3.35. The molecule has 2 saturated carbocycles. The molecule has 0 aromatic heterocycles. The number of alkyl halides is 6. The van der Waals surface area contributed by atoms with Gasteiger partial charge in [0.1, 0.15) is 6.10 Å². The summed E-state index contributed by atoms with van der Waals surface area (Å²) in [6.45, 7) is 1.17. The van der Waals surface area contributed by atoms with Gasteiger partial charge >= 0.3 is 18.3 Å². The van der Waals surface area contributed by atoms with E-state index in [9.17, 15) is 39.6 Å². The number of sulfone groups is 1. The molecule has 4 nitrogen and oxygen atoms in total. The van der Waals surface area contributed by atoms with Crippen molar-refractivity contribution in [2.24, 2.45) is 17.8 Å². The van der Waals surface area contributed by atoms with Gasteiger partial charge in [-0.25, -0.2) is 8.42 Å². The molecule has 0 N–H and O–H groups in total. The quantitative estimate of drug-likeness (QED) is 0.541. The zero-order valence-electron chi connectivity index (χ0n) is 13.4. The highest BCUT2D eigenvalue weighted by atomic mass is 32.2. The van der Waals surface area contributed by atoms with Crippen molar-refractivity contribution in [3.8, 4) is 0 Å². The minimum Gasteiger partial charge on any atom is -0.462 e. The molecule has 0 amide bonds. The van der Waals surface area contributed by atoms with E-state index in [1.807, 2.05) is 0 Å². The Labute approximate surface area is 140 Å². The summed E-state index contributed by atoms with van der Waals surface area (Å²) in [5.41, 5.74) is 0. The number of halogens is 6. The molecule has 11 heteroatoms. The first kappa shape index (κ1) is 20.3. The smallest absolute Gasteiger partial charge is 0.417 e. The van der Waals surface area contributed by atoms with Crippen LogP contribution in [-0.2, 0) is 19.4 Å². The minimum atomic E-state index is -5.98. The van der Waals surface area contributed by atoms with E-state index in [2.05, 4.69) is 0 Å². The molecule has 2 bridgehead atoms. The molecule has 0 aliphatic heterocycles. The number of ether oxygens (including phenoxy) is 1. The Morgan fingerprint density at radius 1 is 1.00 bits per heavy atom. The minimum absolute atomic E-state index is 0.0218. The van der Waals surface area contributed by atoms with Crippen LogP contribution in [0.1, 0.15) is 32.6 Å². The average Bonchev–Trinajstić information content (AvgIpc) is 2.89. The van der Waals surface area contributed by atoms with Crippen molar-refractivity contribution in [3.05, 3.63) is 0 Å². The standard InChI is InChI=1S/C14H18F6O4S/c1-7(21)24-11-5-8-3-9(11)4-10(8)6-12(13(15,16)17,14(18,19)20)25(2,22)23/h8-11H,3-6H2,1-2H3. The van der Waals surface area contributed by atoms with Crippen molar-refractivity contribution < 1.29 is 44.3 Å². The molecule has 0 saturated heterocycles. The second-order valence-corrected chi connectivity index (χ2v) is 9.18. The van der Waals surface area contributed by atoms with Crippen LogP contribution < -0.4 is 0 Å². The lowest BCUT2D eigenvalue weighted by molar-refractivity contribution is -0.272. The predicted molar refractivity (Wildman–Crippen MR) is 74.2 cm³/mol. The monoisotopic (exact) mass is 396 g/mol. The largest absolute Gasteiger partial charge is 0.462 e. The van der Waals surface area contributed by atoms with Gasteiger partial charge in [-0.3, -0.25) is 4.79 Å². The number of hydrogen-bond acceptors (Lipinski definition) is 4. The van der Waals surface area contributed by atoms with Crippen molar-refractivity contribution in [2.45, 2.75) is 55.8 Å². The van der Waals surface area contributed by atoms with Crippen LogP contribution in [0.3, 0.4) is 0 Å². The molecule has 4 atom stereocenters. The van der Waals surface area contributed by atoms with Crippen LogP contribution in [0.4, 0.5) is 26.3 Å². The lowest BCUT2D eigenvalue weighted by atomic mass is 9.80. The normalized spacial score (nSPS) is 30.6. The molecule has 0 spiro atoms. The molecular formula is C14H18F6O4S. The highest BCUT2D eigenvalue weighted by Crippen LogP contribution is 2.58. The summed E-state index contributed by atoms with van der Waals surface area (Å²) in [7, 11) is -5.51. The first-order valence-corrected chi connectivity index (χ1v) is 9.49. The Kier molecular flexibility index (Phi) is 4.89. The van der Waals surface area contributed by atoms with Crippen molar-refractivity contribution in [3.63, 3.8) is 0 Å². The number of fused-ring (bicyclic) bond motifs is 2. The lowest BCUT2D eigenvalue weighted by Gasteiger charge is -2.39. The van der Waals surface area contributed by atoms with Crippen molar-refractivity contribution >= 4 is 15.8 Å². The Hall–Kier alpha value is -1.00. The molecule has 146 valence electrons. The average molecular weight is 396 g/mol. The van der Waals surface area contributed by atoms with E-state index in [1.165, 1.54) is 6.92 Å². The fourth-order valence-corrected chi connectivity index (χ4v) is 5.64. The fraction of sp³-hybridized carbons (Fsp3) is 0.929. The predicted octanol–water partition coefficient (Wildman–Crippen LogP) is 3.26. The molecule has 2 aliphatic rings. The third-order valence-electron chi connectivity index (χ3n) is 5.35. The maximum Gasteiger partial charge on any atom is 0.417 e. The van der Waals surface area contributed by atoms with E-state index in [1.54, 1.807) is 0 Å². The number of esters is 1. The molecule has 0 radical (unpaired) electrons. The van der Waals surface area contributed by atoms with Crippen LogP contribution in [0.25, 0.3) is 0 Å². The van der Waals surface area contributed by atoms with Crippen molar-refractivity contribution in [1.82, 2.24) is 0 Å². The van der Waals surface area contributed by atoms with E-state index in [-0.39, 0.29) is 25.0 Å². The number of rotatable bonds is 4. The lowest BCUT2D eigenvalue weighted by Crippen LogP contribution is -2.62. The van der Waals surface area contributed by atoms with Gasteiger partial charge in [-0.2, -0.15) is 26.3 Å². The Balaban J connectivity index is 2.31.